The summed E-state index contributed by atoms with van der Waals surface area (Å²) >= 11 is 1.40. The second-order valence-electron chi connectivity index (χ2n) is 10.6. The average Bonchev–Trinajstić information content (AvgIpc) is 3.43. The topological polar surface area (TPSA) is 179 Å². The molecule has 6 N–H and O–H groups in total. The number of amides is 3. The van der Waals surface area contributed by atoms with Crippen molar-refractivity contribution in [2.75, 3.05) is 83.6 Å². The van der Waals surface area contributed by atoms with Gasteiger partial charge in [0, 0.05) is 36.9 Å². The molecule has 2 heterocycles. The van der Waals surface area contributed by atoms with Gasteiger partial charge < -0.3 is 50.7 Å². The minimum Gasteiger partial charge on any atom is -0.388 e. The van der Waals surface area contributed by atoms with Crippen LogP contribution in [0.2, 0.25) is 0 Å². The van der Waals surface area contributed by atoms with E-state index in [-0.39, 0.29) is 17.7 Å². The number of hydrogen-bond acceptors (Lipinski definition) is 11. The van der Waals surface area contributed by atoms with Crippen molar-refractivity contribution in [2.45, 2.75) is 31.7 Å². The number of thiophene rings is 1. The summed E-state index contributed by atoms with van der Waals surface area (Å²) in [6.07, 6.45) is 3.63. The standard InChI is InChI=1S/C23H24N4O3S.C11H23NO5/c1-24-15-9-10-19-14(12-15)13-20(31-19)23(30)26-17-7-3-2-6-16(17)21(28)27-18-8-4-5-11-25-22(18)29;12-2-5-15-7-9-17-11-10-16-8-6-14-4-1-3-13/h2-3,6-7,9-10,12-13,18,24H,4-5,8,11H2,1H3,(H,25,29)(H,26,30)(H,27,28);3H,1-2,4-12H2. The van der Waals surface area contributed by atoms with Crippen molar-refractivity contribution < 1.29 is 38.1 Å². The fourth-order valence-corrected chi connectivity index (χ4v) is 5.51. The SMILES string of the molecule is CNc1ccc2sc(C(=O)Nc3ccccc3C(=O)NC3CCCCNC3=O)cc2c1.NCCOCCOCCOCCOCCC=O. The van der Waals surface area contributed by atoms with Crippen LogP contribution in [0, 0.1) is 0 Å². The third kappa shape index (κ3) is 13.7. The molecule has 4 rings (SSSR count). The lowest BCUT2D eigenvalue weighted by atomic mass is 10.1. The maximum absolute atomic E-state index is 12.9. The lowest BCUT2D eigenvalue weighted by Crippen LogP contribution is -2.45. The summed E-state index contributed by atoms with van der Waals surface area (Å²) in [6, 6.07) is 14.0. The molecule has 262 valence electrons. The number of para-hydroxylation sites is 1. The Morgan fingerprint density at radius 3 is 2.29 bits per heavy atom. The Kier molecular flexibility index (Phi) is 18.2. The molecule has 1 aliphatic heterocycles. The lowest BCUT2D eigenvalue weighted by molar-refractivity contribution is -0.122. The van der Waals surface area contributed by atoms with Crippen LogP contribution in [0.15, 0.2) is 48.5 Å². The largest absolute Gasteiger partial charge is 0.388 e. The summed E-state index contributed by atoms with van der Waals surface area (Å²) in [5.41, 5.74) is 6.96. The molecule has 2 aromatic carbocycles. The Hall–Kier alpha value is -3.92. The van der Waals surface area contributed by atoms with Crippen LogP contribution >= 0.6 is 11.3 Å². The zero-order valence-electron chi connectivity index (χ0n) is 27.4. The summed E-state index contributed by atoms with van der Waals surface area (Å²) in [4.78, 5) is 48.4. The minimum absolute atomic E-state index is 0.168. The number of carbonyl (C=O) groups excluding carboxylic acids is 4. The Morgan fingerprint density at radius 2 is 1.60 bits per heavy atom. The zero-order valence-corrected chi connectivity index (χ0v) is 28.2. The van der Waals surface area contributed by atoms with Gasteiger partial charge in [0.2, 0.25) is 5.91 Å². The molecule has 0 aliphatic carbocycles. The van der Waals surface area contributed by atoms with E-state index in [0.717, 1.165) is 34.9 Å². The molecule has 1 unspecified atom stereocenters. The van der Waals surface area contributed by atoms with E-state index in [1.807, 2.05) is 31.3 Å². The molecule has 14 heteroatoms. The van der Waals surface area contributed by atoms with Crippen molar-refractivity contribution in [1.82, 2.24) is 10.6 Å². The van der Waals surface area contributed by atoms with Crippen LogP contribution in [0.3, 0.4) is 0 Å². The Morgan fingerprint density at radius 1 is 0.917 bits per heavy atom. The summed E-state index contributed by atoms with van der Waals surface area (Å²) in [7, 11) is 1.85. The van der Waals surface area contributed by atoms with Crippen LogP contribution in [0.5, 0.6) is 0 Å². The maximum Gasteiger partial charge on any atom is 0.265 e. The van der Waals surface area contributed by atoms with Gasteiger partial charge in [0.1, 0.15) is 12.3 Å². The molecule has 0 radical (unpaired) electrons. The van der Waals surface area contributed by atoms with Crippen LogP contribution in [0.25, 0.3) is 10.1 Å². The first kappa shape index (κ1) is 38.5. The highest BCUT2D eigenvalue weighted by Crippen LogP contribution is 2.29. The van der Waals surface area contributed by atoms with Gasteiger partial charge in [-0.2, -0.15) is 0 Å². The molecule has 0 bridgehead atoms. The number of hydrogen-bond donors (Lipinski definition) is 5. The molecule has 1 aromatic heterocycles. The van der Waals surface area contributed by atoms with Gasteiger partial charge in [-0.1, -0.05) is 12.1 Å². The van der Waals surface area contributed by atoms with E-state index in [4.69, 9.17) is 24.7 Å². The van der Waals surface area contributed by atoms with E-state index in [2.05, 4.69) is 21.3 Å². The second-order valence-corrected chi connectivity index (χ2v) is 11.7. The van der Waals surface area contributed by atoms with Crippen LogP contribution in [-0.2, 0) is 28.5 Å². The van der Waals surface area contributed by atoms with Crippen molar-refractivity contribution in [3.8, 4) is 0 Å². The van der Waals surface area contributed by atoms with Crippen molar-refractivity contribution >= 4 is 56.8 Å². The number of aldehydes is 1. The average molecular weight is 686 g/mol. The van der Waals surface area contributed by atoms with E-state index in [1.165, 1.54) is 11.3 Å². The van der Waals surface area contributed by atoms with Crippen LogP contribution in [0.4, 0.5) is 11.4 Å². The molecule has 0 spiro atoms. The molecule has 1 saturated heterocycles. The first-order chi connectivity index (χ1) is 23.5. The number of rotatable bonds is 19. The van der Waals surface area contributed by atoms with E-state index < -0.39 is 6.04 Å². The van der Waals surface area contributed by atoms with Crippen molar-refractivity contribution in [2.24, 2.45) is 5.73 Å². The van der Waals surface area contributed by atoms with Gasteiger partial charge in [0.25, 0.3) is 11.8 Å². The summed E-state index contributed by atoms with van der Waals surface area (Å²) < 4.78 is 21.7. The third-order valence-corrected chi connectivity index (χ3v) is 8.16. The number of ether oxygens (including phenoxy) is 4. The number of carbonyl (C=O) groups is 4. The molecular weight excluding hydrogens is 638 g/mol. The molecule has 13 nitrogen and oxygen atoms in total. The quantitative estimate of drug-likeness (QED) is 0.0930. The molecule has 3 aromatic rings. The zero-order chi connectivity index (χ0) is 34.4. The smallest absolute Gasteiger partial charge is 0.265 e. The monoisotopic (exact) mass is 685 g/mol. The summed E-state index contributed by atoms with van der Waals surface area (Å²) in [5.74, 6) is -0.828. The fourth-order valence-electron chi connectivity index (χ4n) is 4.57. The van der Waals surface area contributed by atoms with E-state index >= 15 is 0 Å². The fraction of sp³-hybridized carbons (Fsp3) is 0.471. The molecule has 3 amide bonds. The van der Waals surface area contributed by atoms with E-state index in [9.17, 15) is 19.2 Å². The molecular formula is C34H47N5O8S. The first-order valence-electron chi connectivity index (χ1n) is 16.1. The van der Waals surface area contributed by atoms with Gasteiger partial charge >= 0.3 is 0 Å². The molecule has 1 atom stereocenters. The number of fused-ring (bicyclic) bond motifs is 1. The highest BCUT2D eigenvalue weighted by molar-refractivity contribution is 7.20. The van der Waals surface area contributed by atoms with E-state index in [0.29, 0.717) is 94.9 Å². The summed E-state index contributed by atoms with van der Waals surface area (Å²) in [6.45, 7) is 5.41. The van der Waals surface area contributed by atoms with Gasteiger partial charge in [-0.05, 0) is 61.0 Å². The van der Waals surface area contributed by atoms with Crippen LogP contribution in [0.1, 0.15) is 45.7 Å². The number of anilines is 2. The van der Waals surface area contributed by atoms with Crippen molar-refractivity contribution in [3.63, 3.8) is 0 Å². The van der Waals surface area contributed by atoms with Gasteiger partial charge in [0.05, 0.1) is 69.0 Å². The van der Waals surface area contributed by atoms with Gasteiger partial charge in [-0.15, -0.1) is 11.3 Å². The van der Waals surface area contributed by atoms with Gasteiger partial charge in [-0.25, -0.2) is 0 Å². The summed E-state index contributed by atoms with van der Waals surface area (Å²) in [5, 5.41) is 12.5. The minimum atomic E-state index is -0.567. The second kappa shape index (κ2) is 22.6. The molecule has 0 saturated carbocycles. The Balaban J connectivity index is 0.000000315. The van der Waals surface area contributed by atoms with Crippen LogP contribution in [-0.4, -0.2) is 103 Å². The van der Waals surface area contributed by atoms with Gasteiger partial charge in [-0.3, -0.25) is 14.4 Å². The van der Waals surface area contributed by atoms with Crippen molar-refractivity contribution in [3.05, 3.63) is 59.0 Å². The molecule has 1 fully saturated rings. The highest BCUT2D eigenvalue weighted by atomic mass is 32.1. The predicted octanol–water partition coefficient (Wildman–Crippen LogP) is 3.19. The number of benzene rings is 2. The van der Waals surface area contributed by atoms with Gasteiger partial charge in [0.15, 0.2) is 0 Å². The first-order valence-corrected chi connectivity index (χ1v) is 16.9. The predicted molar refractivity (Wildman–Crippen MR) is 187 cm³/mol. The Bertz CT molecular complexity index is 1440. The van der Waals surface area contributed by atoms with Crippen molar-refractivity contribution in [1.29, 1.82) is 0 Å². The maximum atomic E-state index is 12.9. The Labute approximate surface area is 285 Å². The molecule has 1 aliphatic rings. The lowest BCUT2D eigenvalue weighted by Gasteiger charge is -2.17. The normalized spacial score (nSPS) is 14.3. The van der Waals surface area contributed by atoms with E-state index in [1.54, 1.807) is 24.3 Å². The highest BCUT2D eigenvalue weighted by Gasteiger charge is 2.24. The number of nitrogens with two attached hydrogens (primary N) is 1. The number of nitrogens with one attached hydrogen (secondary N) is 4. The third-order valence-electron chi connectivity index (χ3n) is 7.05. The molecule has 48 heavy (non-hydrogen) atoms. The van der Waals surface area contributed by atoms with Crippen LogP contribution < -0.4 is 27.0 Å².